The van der Waals surface area contributed by atoms with Crippen LogP contribution in [0.3, 0.4) is 0 Å². The fraction of sp³-hybridized carbons (Fsp3) is 0.250. The van der Waals surface area contributed by atoms with Gasteiger partial charge in [0.1, 0.15) is 0 Å². The summed E-state index contributed by atoms with van der Waals surface area (Å²) in [6.07, 6.45) is 3.69. The van der Waals surface area contributed by atoms with Gasteiger partial charge in [-0.2, -0.15) is 0 Å². The molecule has 0 aliphatic rings. The van der Waals surface area contributed by atoms with Gasteiger partial charge in [-0.15, -0.1) is 0 Å². The first-order valence-electron chi connectivity index (χ1n) is 6.65. The molecule has 0 aliphatic heterocycles. The molecule has 1 aromatic heterocycles. The maximum atomic E-state index is 11.7. The van der Waals surface area contributed by atoms with Crippen molar-refractivity contribution in [3.63, 3.8) is 0 Å². The van der Waals surface area contributed by atoms with Crippen molar-refractivity contribution in [2.45, 2.75) is 19.3 Å². The molecule has 0 bridgehead atoms. The number of hydrogen-bond donors (Lipinski definition) is 1. The van der Waals surface area contributed by atoms with Crippen molar-refractivity contribution >= 4 is 17.5 Å². The van der Waals surface area contributed by atoms with Crippen LogP contribution >= 0.6 is 11.6 Å². The zero-order valence-corrected chi connectivity index (χ0v) is 11.9. The maximum absolute atomic E-state index is 11.7. The number of amides is 1. The minimum atomic E-state index is 0.0564. The van der Waals surface area contributed by atoms with Crippen LogP contribution in [-0.4, -0.2) is 17.4 Å². The molecule has 2 rings (SSSR count). The van der Waals surface area contributed by atoms with E-state index in [0.29, 0.717) is 24.4 Å². The van der Waals surface area contributed by atoms with Gasteiger partial charge >= 0.3 is 0 Å². The van der Waals surface area contributed by atoms with Gasteiger partial charge in [0.2, 0.25) is 5.91 Å². The molecule has 1 amide bonds. The first kappa shape index (κ1) is 14.5. The van der Waals surface area contributed by atoms with E-state index in [1.165, 1.54) is 0 Å². The van der Waals surface area contributed by atoms with Crippen molar-refractivity contribution in [1.82, 2.24) is 10.3 Å². The smallest absolute Gasteiger partial charge is 0.220 e. The van der Waals surface area contributed by atoms with E-state index in [1.54, 1.807) is 6.20 Å². The minimum absolute atomic E-state index is 0.0564. The molecule has 0 spiro atoms. The Morgan fingerprint density at radius 1 is 1.15 bits per heavy atom. The van der Waals surface area contributed by atoms with E-state index in [9.17, 15) is 4.79 Å². The van der Waals surface area contributed by atoms with Crippen LogP contribution < -0.4 is 5.32 Å². The molecule has 0 unspecified atom stereocenters. The van der Waals surface area contributed by atoms with E-state index in [0.717, 1.165) is 17.7 Å². The number of pyridine rings is 1. The number of nitrogens with zero attached hydrogens (tertiary/aromatic N) is 1. The third-order valence-corrected chi connectivity index (χ3v) is 3.19. The Morgan fingerprint density at radius 3 is 2.80 bits per heavy atom. The van der Waals surface area contributed by atoms with Gasteiger partial charge in [0, 0.05) is 36.3 Å². The lowest BCUT2D eigenvalue weighted by molar-refractivity contribution is -0.121. The minimum Gasteiger partial charge on any atom is -0.356 e. The SMILES string of the molecule is O=C(CCc1cccc(Cl)c1)NCCc1ccccn1. The van der Waals surface area contributed by atoms with Crippen LogP contribution in [0.25, 0.3) is 0 Å². The standard InChI is InChI=1S/C16H17ClN2O/c17-14-5-3-4-13(12-14)7-8-16(20)19-11-9-15-6-1-2-10-18-15/h1-6,10,12H,7-9,11H2,(H,19,20). The second kappa shape index (κ2) is 7.65. The van der Waals surface area contributed by atoms with Crippen LogP contribution in [0.15, 0.2) is 48.7 Å². The highest BCUT2D eigenvalue weighted by molar-refractivity contribution is 6.30. The van der Waals surface area contributed by atoms with E-state index >= 15 is 0 Å². The summed E-state index contributed by atoms with van der Waals surface area (Å²) >= 11 is 5.90. The largest absolute Gasteiger partial charge is 0.356 e. The average Bonchev–Trinajstić information content (AvgIpc) is 2.46. The van der Waals surface area contributed by atoms with Gasteiger partial charge in [0.15, 0.2) is 0 Å². The summed E-state index contributed by atoms with van der Waals surface area (Å²) in [6, 6.07) is 13.4. The number of aromatic nitrogens is 1. The molecule has 0 fully saturated rings. The van der Waals surface area contributed by atoms with Crippen LogP contribution in [0.5, 0.6) is 0 Å². The normalized spacial score (nSPS) is 10.2. The van der Waals surface area contributed by atoms with Crippen LogP contribution in [0.2, 0.25) is 5.02 Å². The maximum Gasteiger partial charge on any atom is 0.220 e. The second-order valence-electron chi connectivity index (χ2n) is 4.55. The van der Waals surface area contributed by atoms with Gasteiger partial charge in [-0.1, -0.05) is 29.8 Å². The van der Waals surface area contributed by atoms with Crippen LogP contribution in [-0.2, 0) is 17.6 Å². The van der Waals surface area contributed by atoms with E-state index in [1.807, 2.05) is 42.5 Å². The first-order chi connectivity index (χ1) is 9.74. The molecule has 4 heteroatoms. The lowest BCUT2D eigenvalue weighted by atomic mass is 10.1. The Morgan fingerprint density at radius 2 is 2.05 bits per heavy atom. The van der Waals surface area contributed by atoms with Crippen molar-refractivity contribution in [3.8, 4) is 0 Å². The summed E-state index contributed by atoms with van der Waals surface area (Å²) < 4.78 is 0. The van der Waals surface area contributed by atoms with E-state index in [-0.39, 0.29) is 5.91 Å². The molecule has 0 aliphatic carbocycles. The van der Waals surface area contributed by atoms with E-state index in [4.69, 9.17) is 11.6 Å². The fourth-order valence-corrected chi connectivity index (χ4v) is 2.13. The summed E-state index contributed by atoms with van der Waals surface area (Å²) in [5, 5.41) is 3.61. The Hall–Kier alpha value is -1.87. The molecule has 0 atom stereocenters. The number of halogens is 1. The number of carbonyl (C=O) groups is 1. The molecule has 1 heterocycles. The van der Waals surface area contributed by atoms with Crippen molar-refractivity contribution < 1.29 is 4.79 Å². The number of hydrogen-bond acceptors (Lipinski definition) is 2. The number of benzene rings is 1. The third kappa shape index (κ3) is 5.02. The van der Waals surface area contributed by atoms with Gasteiger partial charge in [-0.25, -0.2) is 0 Å². The number of carbonyl (C=O) groups excluding carboxylic acids is 1. The molecule has 1 aromatic carbocycles. The van der Waals surface area contributed by atoms with Crippen molar-refractivity contribution in [2.24, 2.45) is 0 Å². The molecule has 0 saturated carbocycles. The highest BCUT2D eigenvalue weighted by Gasteiger charge is 2.02. The van der Waals surface area contributed by atoms with Crippen molar-refractivity contribution in [3.05, 3.63) is 64.9 Å². The average molecular weight is 289 g/mol. The van der Waals surface area contributed by atoms with Crippen molar-refractivity contribution in [2.75, 3.05) is 6.54 Å². The quantitative estimate of drug-likeness (QED) is 0.888. The Kier molecular flexibility index (Phi) is 5.56. The monoisotopic (exact) mass is 288 g/mol. The molecular formula is C16H17ClN2O. The summed E-state index contributed by atoms with van der Waals surface area (Å²) in [5.74, 6) is 0.0564. The summed E-state index contributed by atoms with van der Waals surface area (Å²) in [6.45, 7) is 0.616. The Bertz CT molecular complexity index is 557. The predicted octanol–water partition coefficient (Wildman–Crippen LogP) is 3.03. The predicted molar refractivity (Wildman–Crippen MR) is 80.7 cm³/mol. The summed E-state index contributed by atoms with van der Waals surface area (Å²) in [4.78, 5) is 15.9. The summed E-state index contributed by atoms with van der Waals surface area (Å²) in [7, 11) is 0. The zero-order chi connectivity index (χ0) is 14.2. The first-order valence-corrected chi connectivity index (χ1v) is 7.03. The lowest BCUT2D eigenvalue weighted by Gasteiger charge is -2.05. The van der Waals surface area contributed by atoms with Crippen LogP contribution in [0, 0.1) is 0 Å². The number of rotatable bonds is 6. The Labute approximate surface area is 124 Å². The zero-order valence-electron chi connectivity index (χ0n) is 11.2. The molecule has 3 nitrogen and oxygen atoms in total. The summed E-state index contributed by atoms with van der Waals surface area (Å²) in [5.41, 5.74) is 2.07. The molecule has 1 N–H and O–H groups in total. The highest BCUT2D eigenvalue weighted by Crippen LogP contribution is 2.11. The second-order valence-corrected chi connectivity index (χ2v) is 4.99. The van der Waals surface area contributed by atoms with E-state index < -0.39 is 0 Å². The van der Waals surface area contributed by atoms with Crippen LogP contribution in [0.4, 0.5) is 0 Å². The molecule has 0 saturated heterocycles. The van der Waals surface area contributed by atoms with Gasteiger partial charge in [0.25, 0.3) is 0 Å². The topological polar surface area (TPSA) is 42.0 Å². The van der Waals surface area contributed by atoms with Gasteiger partial charge in [-0.3, -0.25) is 9.78 Å². The lowest BCUT2D eigenvalue weighted by Crippen LogP contribution is -2.26. The number of aryl methyl sites for hydroxylation is 1. The number of nitrogens with one attached hydrogen (secondary N) is 1. The fourth-order valence-electron chi connectivity index (χ4n) is 1.91. The molecule has 20 heavy (non-hydrogen) atoms. The Balaban J connectivity index is 1.68. The third-order valence-electron chi connectivity index (χ3n) is 2.96. The molecular weight excluding hydrogens is 272 g/mol. The molecule has 2 aromatic rings. The van der Waals surface area contributed by atoms with Crippen molar-refractivity contribution in [1.29, 1.82) is 0 Å². The van der Waals surface area contributed by atoms with Crippen LogP contribution in [0.1, 0.15) is 17.7 Å². The molecule has 0 radical (unpaired) electrons. The highest BCUT2D eigenvalue weighted by atomic mass is 35.5. The van der Waals surface area contributed by atoms with Gasteiger partial charge < -0.3 is 5.32 Å². The van der Waals surface area contributed by atoms with Gasteiger partial charge in [-0.05, 0) is 36.2 Å². The van der Waals surface area contributed by atoms with E-state index in [2.05, 4.69) is 10.3 Å². The molecule has 104 valence electrons. The van der Waals surface area contributed by atoms with Gasteiger partial charge in [0.05, 0.1) is 0 Å².